The molecule has 1 unspecified atom stereocenters. The van der Waals surface area contributed by atoms with Crippen LogP contribution in [0.5, 0.6) is 0 Å². The van der Waals surface area contributed by atoms with Gasteiger partial charge < -0.3 is 24.9 Å². The Labute approximate surface area is 243 Å². The molecular weight excluding hydrogens is 540 g/mol. The van der Waals surface area contributed by atoms with Crippen LogP contribution in [0.2, 0.25) is 0 Å². The first-order chi connectivity index (χ1) is 20.3. The zero-order valence-electron chi connectivity index (χ0n) is 24.0. The van der Waals surface area contributed by atoms with Gasteiger partial charge in [0, 0.05) is 80.8 Å². The molecule has 1 fully saturated rings. The monoisotopic (exact) mass is 577 g/mol. The number of nitrogens with one attached hydrogen (secondary N) is 1. The average Bonchev–Trinajstić information content (AvgIpc) is 3.29. The molecule has 0 aliphatic carbocycles. The topological polar surface area (TPSA) is 106 Å². The van der Waals surface area contributed by atoms with E-state index in [0.717, 1.165) is 40.8 Å². The largest absolute Gasteiger partial charge is 0.385 e. The summed E-state index contributed by atoms with van der Waals surface area (Å²) in [6, 6.07) is 9.81. The molecule has 1 saturated heterocycles. The minimum absolute atomic E-state index is 0.0137. The summed E-state index contributed by atoms with van der Waals surface area (Å²) in [6.45, 7) is 3.98. The summed E-state index contributed by atoms with van der Waals surface area (Å²) in [5, 5.41) is 0.315. The lowest BCUT2D eigenvalue weighted by Gasteiger charge is -2.34. The van der Waals surface area contributed by atoms with Crippen molar-refractivity contribution in [2.24, 2.45) is 5.73 Å². The number of H-pyrrole nitrogens is 1. The van der Waals surface area contributed by atoms with Crippen molar-refractivity contribution in [3.05, 3.63) is 87.7 Å². The SMILES string of the molecule is COCCCn1c(C2CCCN(C(=O)C[C@H](N)Cc3ccc(-c4cnc(=O)[nH]c4)cc3)C2)c(C)c2c(F)ccc(F)c21. The molecule has 1 aliphatic heterocycles. The highest BCUT2D eigenvalue weighted by molar-refractivity contribution is 5.87. The summed E-state index contributed by atoms with van der Waals surface area (Å²) >= 11 is 0. The van der Waals surface area contributed by atoms with E-state index < -0.39 is 17.3 Å². The number of carbonyl (C=O) groups excluding carboxylic acids is 1. The number of hydrogen-bond donors (Lipinski definition) is 2. The van der Waals surface area contributed by atoms with Crippen LogP contribution in [0.1, 0.15) is 48.4 Å². The van der Waals surface area contributed by atoms with Crippen LogP contribution in [-0.2, 0) is 22.5 Å². The molecule has 3 heterocycles. The van der Waals surface area contributed by atoms with Crippen molar-refractivity contribution in [1.82, 2.24) is 19.4 Å². The number of hydrogen-bond acceptors (Lipinski definition) is 5. The number of ether oxygens (including phenoxy) is 1. The Balaban J connectivity index is 1.28. The summed E-state index contributed by atoms with van der Waals surface area (Å²) in [5.74, 6) is -0.937. The summed E-state index contributed by atoms with van der Waals surface area (Å²) < 4.78 is 37.1. The van der Waals surface area contributed by atoms with E-state index in [0.29, 0.717) is 44.5 Å². The Morgan fingerprint density at radius 1 is 1.17 bits per heavy atom. The number of aromatic amines is 1. The van der Waals surface area contributed by atoms with Crippen molar-refractivity contribution in [3.63, 3.8) is 0 Å². The highest BCUT2D eigenvalue weighted by atomic mass is 19.1. The van der Waals surface area contributed by atoms with Crippen molar-refractivity contribution in [2.45, 2.75) is 57.5 Å². The first-order valence-electron chi connectivity index (χ1n) is 14.4. The molecular formula is C32H37F2N5O3. The van der Waals surface area contributed by atoms with Gasteiger partial charge in [-0.2, -0.15) is 0 Å². The van der Waals surface area contributed by atoms with Gasteiger partial charge in [0.1, 0.15) is 11.6 Å². The Hall–Kier alpha value is -3.89. The lowest BCUT2D eigenvalue weighted by Crippen LogP contribution is -2.42. The maximum atomic E-state index is 15.0. The maximum Gasteiger partial charge on any atom is 0.344 e. The molecule has 2 aromatic carbocycles. The van der Waals surface area contributed by atoms with Gasteiger partial charge in [-0.3, -0.25) is 4.79 Å². The first-order valence-corrected chi connectivity index (χ1v) is 14.4. The molecule has 3 N–H and O–H groups in total. The summed E-state index contributed by atoms with van der Waals surface area (Å²) in [4.78, 5) is 32.8. The van der Waals surface area contributed by atoms with Gasteiger partial charge in [0.05, 0.1) is 5.52 Å². The number of fused-ring (bicyclic) bond motifs is 1. The quantitative estimate of drug-likeness (QED) is 0.266. The molecule has 0 spiro atoms. The number of nitrogens with two attached hydrogens (primary N) is 1. The van der Waals surface area contributed by atoms with Crippen molar-refractivity contribution in [2.75, 3.05) is 26.8 Å². The summed E-state index contributed by atoms with van der Waals surface area (Å²) in [7, 11) is 1.62. The zero-order chi connectivity index (χ0) is 29.8. The van der Waals surface area contributed by atoms with Gasteiger partial charge in [-0.05, 0) is 61.4 Å². The number of halogens is 2. The van der Waals surface area contributed by atoms with E-state index in [2.05, 4.69) is 9.97 Å². The molecule has 1 amide bonds. The Kier molecular flexibility index (Phi) is 9.13. The summed E-state index contributed by atoms with van der Waals surface area (Å²) in [6.07, 6.45) is 6.19. The van der Waals surface area contributed by atoms with Gasteiger partial charge in [-0.1, -0.05) is 24.3 Å². The lowest BCUT2D eigenvalue weighted by molar-refractivity contribution is -0.132. The van der Waals surface area contributed by atoms with E-state index >= 15 is 4.39 Å². The molecule has 4 aromatic rings. The molecule has 5 rings (SSSR count). The van der Waals surface area contributed by atoms with Crippen LogP contribution < -0.4 is 11.4 Å². The van der Waals surface area contributed by atoms with Gasteiger partial charge in [-0.25, -0.2) is 18.6 Å². The van der Waals surface area contributed by atoms with Crippen molar-refractivity contribution >= 4 is 16.8 Å². The fraction of sp³-hybridized carbons (Fsp3) is 0.406. The second-order valence-corrected chi connectivity index (χ2v) is 11.1. The third kappa shape index (κ3) is 6.29. The van der Waals surface area contributed by atoms with E-state index in [-0.39, 0.29) is 29.8 Å². The van der Waals surface area contributed by atoms with Crippen LogP contribution >= 0.6 is 0 Å². The Bertz CT molecular complexity index is 1590. The standard InChI is InChI=1S/C32H37F2N5O3/c1-20-29-26(33)10-11-27(34)31(29)39(13-4-14-42-2)30(20)23-5-3-12-38(19-23)28(40)16-25(35)15-21-6-8-22(9-7-21)24-17-36-32(41)37-18-24/h6-11,17-18,23,25H,3-5,12-16,19,35H2,1-2H3,(H,36,37,41)/t23?,25-/m1/s1. The van der Waals surface area contributed by atoms with Crippen LogP contribution in [-0.4, -0.2) is 58.2 Å². The number of carbonyl (C=O) groups is 1. The number of piperidine rings is 1. The average molecular weight is 578 g/mol. The van der Waals surface area contributed by atoms with E-state index in [1.54, 1.807) is 13.3 Å². The number of benzene rings is 2. The van der Waals surface area contributed by atoms with Crippen molar-refractivity contribution < 1.29 is 18.3 Å². The molecule has 222 valence electrons. The van der Waals surface area contributed by atoms with Crippen LogP contribution in [0.4, 0.5) is 8.78 Å². The van der Waals surface area contributed by atoms with Crippen LogP contribution in [0, 0.1) is 18.6 Å². The van der Waals surface area contributed by atoms with Crippen LogP contribution in [0.25, 0.3) is 22.0 Å². The third-order valence-electron chi connectivity index (χ3n) is 8.18. The first kappa shape index (κ1) is 29.6. The van der Waals surface area contributed by atoms with Crippen molar-refractivity contribution in [1.29, 1.82) is 0 Å². The molecule has 42 heavy (non-hydrogen) atoms. The van der Waals surface area contributed by atoms with E-state index in [1.165, 1.54) is 18.3 Å². The lowest BCUT2D eigenvalue weighted by atomic mass is 9.91. The number of amides is 1. The molecule has 10 heteroatoms. The number of aromatic nitrogens is 3. The fourth-order valence-electron chi connectivity index (χ4n) is 6.23. The molecule has 0 radical (unpaired) electrons. The number of methoxy groups -OCH3 is 1. The summed E-state index contributed by atoms with van der Waals surface area (Å²) in [5.41, 5.74) is 10.7. The van der Waals surface area contributed by atoms with Gasteiger partial charge in [0.25, 0.3) is 0 Å². The predicted molar refractivity (Wildman–Crippen MR) is 158 cm³/mol. The number of likely N-dealkylation sites (tertiary alicyclic amines) is 1. The third-order valence-corrected chi connectivity index (χ3v) is 8.18. The number of aryl methyl sites for hydroxylation is 2. The number of rotatable bonds is 10. The van der Waals surface area contributed by atoms with E-state index in [9.17, 15) is 14.0 Å². The second kappa shape index (κ2) is 13.0. The molecule has 0 bridgehead atoms. The molecule has 2 aromatic heterocycles. The van der Waals surface area contributed by atoms with Gasteiger partial charge in [0.15, 0.2) is 0 Å². The normalized spacial score (nSPS) is 16.2. The zero-order valence-corrected chi connectivity index (χ0v) is 24.0. The maximum absolute atomic E-state index is 15.0. The molecule has 1 aliphatic rings. The highest BCUT2D eigenvalue weighted by Crippen LogP contribution is 2.38. The van der Waals surface area contributed by atoms with Gasteiger partial charge in [0.2, 0.25) is 5.91 Å². The van der Waals surface area contributed by atoms with Gasteiger partial charge >= 0.3 is 5.69 Å². The Morgan fingerprint density at radius 2 is 1.93 bits per heavy atom. The smallest absolute Gasteiger partial charge is 0.344 e. The highest BCUT2D eigenvalue weighted by Gasteiger charge is 2.31. The molecule has 0 saturated carbocycles. The predicted octanol–water partition coefficient (Wildman–Crippen LogP) is 4.68. The second-order valence-electron chi connectivity index (χ2n) is 11.1. The van der Waals surface area contributed by atoms with Crippen LogP contribution in [0.15, 0.2) is 53.6 Å². The minimum Gasteiger partial charge on any atom is -0.385 e. The van der Waals surface area contributed by atoms with E-state index in [1.807, 2.05) is 40.7 Å². The van der Waals surface area contributed by atoms with Gasteiger partial charge in [-0.15, -0.1) is 0 Å². The van der Waals surface area contributed by atoms with Crippen LogP contribution in [0.3, 0.4) is 0 Å². The fourth-order valence-corrected chi connectivity index (χ4v) is 6.23. The Morgan fingerprint density at radius 3 is 2.64 bits per heavy atom. The molecule has 8 nitrogen and oxygen atoms in total. The van der Waals surface area contributed by atoms with E-state index in [4.69, 9.17) is 10.5 Å². The number of nitrogens with zero attached hydrogens (tertiary/aromatic N) is 3. The minimum atomic E-state index is -0.448. The van der Waals surface area contributed by atoms with Crippen molar-refractivity contribution in [3.8, 4) is 11.1 Å². The molecule has 2 atom stereocenters.